The van der Waals surface area contributed by atoms with E-state index in [0.717, 1.165) is 18.7 Å². The number of halogens is 1. The summed E-state index contributed by atoms with van der Waals surface area (Å²) in [5.41, 5.74) is 3.39. The molecule has 0 unspecified atom stereocenters. The maximum Gasteiger partial charge on any atom is 0.138 e. The molecule has 3 nitrogen and oxygen atoms in total. The minimum absolute atomic E-state index is 0.160. The minimum atomic E-state index is 0.160. The largest absolute Gasteiger partial charge is 0.506 e. The summed E-state index contributed by atoms with van der Waals surface area (Å²) in [7, 11) is 4.13. The van der Waals surface area contributed by atoms with Gasteiger partial charge in [0, 0.05) is 25.2 Å². The van der Waals surface area contributed by atoms with Crippen molar-refractivity contribution in [2.75, 3.05) is 14.1 Å². The molecule has 0 aliphatic heterocycles. The Morgan fingerprint density at radius 2 is 1.57 bits per heavy atom. The molecule has 4 heteroatoms. The van der Waals surface area contributed by atoms with Crippen LogP contribution in [-0.2, 0) is 19.6 Å². The zero-order valence-electron chi connectivity index (χ0n) is 12.4. The number of nitrogens with zero attached hydrogens (tertiary/aromatic N) is 1. The number of phenols is 1. The topological polar surface area (TPSA) is 35.5 Å². The number of benzene rings is 2. The monoisotopic (exact) mass is 304 g/mol. The van der Waals surface area contributed by atoms with Gasteiger partial charge in [0.25, 0.3) is 0 Å². The second kappa shape index (κ2) is 7.46. The quantitative estimate of drug-likeness (QED) is 0.858. The number of nitrogens with one attached hydrogen (secondary N) is 1. The smallest absolute Gasteiger partial charge is 0.138 e. The fourth-order valence-electron chi connectivity index (χ4n) is 2.26. The van der Waals surface area contributed by atoms with Crippen LogP contribution in [0.15, 0.2) is 42.5 Å². The Morgan fingerprint density at radius 3 is 2.29 bits per heavy atom. The summed E-state index contributed by atoms with van der Waals surface area (Å²) >= 11 is 5.91. The predicted molar refractivity (Wildman–Crippen MR) is 87.5 cm³/mol. The molecule has 2 aromatic rings. The van der Waals surface area contributed by atoms with Crippen molar-refractivity contribution in [3.8, 4) is 5.75 Å². The first-order valence-corrected chi connectivity index (χ1v) is 7.34. The van der Waals surface area contributed by atoms with Crippen LogP contribution >= 0.6 is 11.6 Å². The van der Waals surface area contributed by atoms with Crippen molar-refractivity contribution in [2.24, 2.45) is 0 Å². The summed E-state index contributed by atoms with van der Waals surface area (Å²) in [6.07, 6.45) is 0. The highest BCUT2D eigenvalue weighted by Gasteiger charge is 2.06. The van der Waals surface area contributed by atoms with Gasteiger partial charge in [-0.1, -0.05) is 48.0 Å². The van der Waals surface area contributed by atoms with Crippen LogP contribution in [0.3, 0.4) is 0 Å². The summed E-state index contributed by atoms with van der Waals surface area (Å²) < 4.78 is 0. The van der Waals surface area contributed by atoms with Crippen LogP contribution in [0.25, 0.3) is 0 Å². The van der Waals surface area contributed by atoms with Gasteiger partial charge in [-0.15, -0.1) is 0 Å². The van der Waals surface area contributed by atoms with Crippen molar-refractivity contribution < 1.29 is 5.11 Å². The molecule has 0 bridgehead atoms. The number of para-hydroxylation sites is 1. The third-order valence-electron chi connectivity index (χ3n) is 3.31. The molecular formula is C17H21ClN2O. The molecular weight excluding hydrogens is 284 g/mol. The molecule has 2 aromatic carbocycles. The van der Waals surface area contributed by atoms with Gasteiger partial charge in [0.15, 0.2) is 0 Å². The second-order valence-corrected chi connectivity index (χ2v) is 5.76. The van der Waals surface area contributed by atoms with Crippen LogP contribution in [0.2, 0.25) is 5.02 Å². The highest BCUT2D eigenvalue weighted by molar-refractivity contribution is 6.32. The van der Waals surface area contributed by atoms with Gasteiger partial charge in [-0.3, -0.25) is 0 Å². The average molecular weight is 305 g/mol. The van der Waals surface area contributed by atoms with Gasteiger partial charge in [0.05, 0.1) is 5.02 Å². The molecule has 0 saturated heterocycles. The Hall–Kier alpha value is -1.55. The summed E-state index contributed by atoms with van der Waals surface area (Å²) in [5.74, 6) is 0.160. The third-order valence-corrected chi connectivity index (χ3v) is 3.61. The maximum atomic E-state index is 9.89. The van der Waals surface area contributed by atoms with E-state index < -0.39 is 0 Å². The van der Waals surface area contributed by atoms with Crippen LogP contribution in [0.4, 0.5) is 0 Å². The van der Waals surface area contributed by atoms with Gasteiger partial charge in [-0.25, -0.2) is 0 Å². The lowest BCUT2D eigenvalue weighted by Gasteiger charge is -2.15. The van der Waals surface area contributed by atoms with Gasteiger partial charge >= 0.3 is 0 Å². The first-order valence-electron chi connectivity index (χ1n) is 6.96. The zero-order chi connectivity index (χ0) is 15.2. The zero-order valence-corrected chi connectivity index (χ0v) is 13.2. The standard InChI is InChI=1S/C17H21ClN2O/c1-20(2)12-15-7-4-3-6-13(15)10-19-11-14-8-5-9-16(18)17(14)21/h3-9,19,21H,10-12H2,1-2H3. The Morgan fingerprint density at radius 1 is 0.952 bits per heavy atom. The van der Waals surface area contributed by atoms with Gasteiger partial charge in [0.2, 0.25) is 0 Å². The maximum absolute atomic E-state index is 9.89. The van der Waals surface area contributed by atoms with Crippen molar-refractivity contribution in [1.82, 2.24) is 10.2 Å². The number of aromatic hydroxyl groups is 1. The molecule has 0 atom stereocenters. The van der Waals surface area contributed by atoms with Crippen molar-refractivity contribution in [3.05, 3.63) is 64.2 Å². The lowest BCUT2D eigenvalue weighted by Crippen LogP contribution is -2.17. The molecule has 2 rings (SSSR count). The van der Waals surface area contributed by atoms with Gasteiger partial charge in [-0.05, 0) is 31.3 Å². The van der Waals surface area contributed by atoms with Crippen LogP contribution in [0, 0.1) is 0 Å². The van der Waals surface area contributed by atoms with E-state index in [1.165, 1.54) is 11.1 Å². The van der Waals surface area contributed by atoms with E-state index in [9.17, 15) is 5.11 Å². The molecule has 0 heterocycles. The Kier molecular flexibility index (Phi) is 5.62. The molecule has 112 valence electrons. The highest BCUT2D eigenvalue weighted by atomic mass is 35.5. The van der Waals surface area contributed by atoms with Gasteiger partial charge in [0.1, 0.15) is 5.75 Å². The Labute approximate surface area is 131 Å². The van der Waals surface area contributed by atoms with Crippen LogP contribution in [-0.4, -0.2) is 24.1 Å². The van der Waals surface area contributed by atoms with Gasteiger partial charge in [-0.2, -0.15) is 0 Å². The first-order chi connectivity index (χ1) is 10.1. The number of hydrogen-bond acceptors (Lipinski definition) is 3. The summed E-state index contributed by atoms with van der Waals surface area (Å²) in [6.45, 7) is 2.26. The molecule has 21 heavy (non-hydrogen) atoms. The van der Waals surface area contributed by atoms with Crippen LogP contribution < -0.4 is 5.32 Å². The van der Waals surface area contributed by atoms with Crippen LogP contribution in [0.5, 0.6) is 5.75 Å². The average Bonchev–Trinajstić information content (AvgIpc) is 2.45. The number of hydrogen-bond donors (Lipinski definition) is 2. The summed E-state index contributed by atoms with van der Waals surface area (Å²) in [4.78, 5) is 2.15. The van der Waals surface area contributed by atoms with Crippen molar-refractivity contribution >= 4 is 11.6 Å². The molecule has 0 aliphatic carbocycles. The van der Waals surface area contributed by atoms with E-state index >= 15 is 0 Å². The fraction of sp³-hybridized carbons (Fsp3) is 0.294. The number of phenolic OH excluding ortho intramolecular Hbond substituents is 1. The van der Waals surface area contributed by atoms with Crippen molar-refractivity contribution in [3.63, 3.8) is 0 Å². The summed E-state index contributed by atoms with van der Waals surface area (Å²) in [6, 6.07) is 13.8. The van der Waals surface area contributed by atoms with E-state index in [2.05, 4.69) is 42.5 Å². The SMILES string of the molecule is CN(C)Cc1ccccc1CNCc1cccc(Cl)c1O. The van der Waals surface area contributed by atoms with E-state index in [1.807, 2.05) is 18.2 Å². The minimum Gasteiger partial charge on any atom is -0.506 e. The van der Waals surface area contributed by atoms with E-state index in [0.29, 0.717) is 11.6 Å². The molecule has 0 amide bonds. The molecule has 0 fully saturated rings. The van der Waals surface area contributed by atoms with Crippen molar-refractivity contribution in [1.29, 1.82) is 0 Å². The molecule has 0 radical (unpaired) electrons. The third kappa shape index (κ3) is 4.46. The second-order valence-electron chi connectivity index (χ2n) is 5.36. The van der Waals surface area contributed by atoms with E-state index in [4.69, 9.17) is 11.6 Å². The number of rotatable bonds is 6. The molecule has 0 aromatic heterocycles. The Balaban J connectivity index is 1.99. The first kappa shape index (κ1) is 15.8. The lowest BCUT2D eigenvalue weighted by atomic mass is 10.1. The Bertz CT molecular complexity index is 599. The highest BCUT2D eigenvalue weighted by Crippen LogP contribution is 2.26. The summed E-state index contributed by atoms with van der Waals surface area (Å²) in [5, 5.41) is 13.6. The van der Waals surface area contributed by atoms with Crippen LogP contribution in [0.1, 0.15) is 16.7 Å². The fourth-order valence-corrected chi connectivity index (χ4v) is 2.45. The van der Waals surface area contributed by atoms with Crippen molar-refractivity contribution in [2.45, 2.75) is 19.6 Å². The normalized spacial score (nSPS) is 11.0. The molecule has 0 saturated carbocycles. The predicted octanol–water partition coefficient (Wildman–Crippen LogP) is 3.40. The van der Waals surface area contributed by atoms with E-state index in [-0.39, 0.29) is 5.75 Å². The molecule has 0 spiro atoms. The molecule has 0 aliphatic rings. The van der Waals surface area contributed by atoms with E-state index in [1.54, 1.807) is 6.07 Å². The van der Waals surface area contributed by atoms with Gasteiger partial charge < -0.3 is 15.3 Å². The molecule has 2 N–H and O–H groups in total. The lowest BCUT2D eigenvalue weighted by molar-refractivity contribution is 0.400.